The first-order chi connectivity index (χ1) is 11.2. The van der Waals surface area contributed by atoms with E-state index in [0.717, 1.165) is 11.3 Å². The van der Waals surface area contributed by atoms with E-state index in [0.29, 0.717) is 29.7 Å². The number of nitrogens with one attached hydrogen (secondary N) is 1. The number of hydrogen-bond acceptors (Lipinski definition) is 3. The van der Waals surface area contributed by atoms with Gasteiger partial charge >= 0.3 is 0 Å². The average Bonchev–Trinajstić information content (AvgIpc) is 2.54. The van der Waals surface area contributed by atoms with Crippen LogP contribution in [0.25, 0.3) is 0 Å². The molecular formula is C19H20ClNO2. The van der Waals surface area contributed by atoms with Crippen LogP contribution in [0.1, 0.15) is 18.1 Å². The molecule has 0 aliphatic rings. The van der Waals surface area contributed by atoms with E-state index >= 15 is 0 Å². The van der Waals surface area contributed by atoms with Crippen molar-refractivity contribution in [1.29, 1.82) is 0 Å². The number of anilines is 1. The van der Waals surface area contributed by atoms with Gasteiger partial charge in [-0.1, -0.05) is 35.7 Å². The van der Waals surface area contributed by atoms with Crippen LogP contribution in [-0.4, -0.2) is 13.2 Å². The molecule has 0 aliphatic carbocycles. The lowest BCUT2D eigenvalue weighted by atomic mass is 10.1. The van der Waals surface area contributed by atoms with E-state index in [2.05, 4.69) is 24.2 Å². The van der Waals surface area contributed by atoms with Crippen LogP contribution in [0.15, 0.2) is 36.4 Å². The summed E-state index contributed by atoms with van der Waals surface area (Å²) in [5.41, 5.74) is 3.29. The fourth-order valence-corrected chi connectivity index (χ4v) is 2.50. The van der Waals surface area contributed by atoms with E-state index in [4.69, 9.17) is 27.5 Å². The zero-order chi connectivity index (χ0) is 16.7. The molecule has 0 radical (unpaired) electrons. The first-order valence-electron chi connectivity index (χ1n) is 7.46. The molecule has 0 bridgehead atoms. The molecule has 0 saturated heterocycles. The van der Waals surface area contributed by atoms with Gasteiger partial charge in [0.25, 0.3) is 0 Å². The second-order valence-corrected chi connectivity index (χ2v) is 5.41. The molecule has 0 spiro atoms. The lowest BCUT2D eigenvalue weighted by Crippen LogP contribution is -2.04. The third-order valence-corrected chi connectivity index (χ3v) is 3.58. The fourth-order valence-electron chi connectivity index (χ4n) is 2.21. The zero-order valence-electron chi connectivity index (χ0n) is 13.4. The van der Waals surface area contributed by atoms with Crippen molar-refractivity contribution in [3.8, 4) is 23.8 Å². The minimum atomic E-state index is 0.153. The van der Waals surface area contributed by atoms with Gasteiger partial charge in [-0.05, 0) is 43.2 Å². The molecule has 120 valence electrons. The van der Waals surface area contributed by atoms with Gasteiger partial charge in [0, 0.05) is 12.2 Å². The highest BCUT2D eigenvalue weighted by atomic mass is 35.5. The topological polar surface area (TPSA) is 30.5 Å². The van der Waals surface area contributed by atoms with Crippen molar-refractivity contribution in [3.63, 3.8) is 0 Å². The van der Waals surface area contributed by atoms with Crippen LogP contribution in [0.5, 0.6) is 11.5 Å². The van der Waals surface area contributed by atoms with Gasteiger partial charge in [-0.25, -0.2) is 0 Å². The minimum absolute atomic E-state index is 0.153. The zero-order valence-corrected chi connectivity index (χ0v) is 14.1. The lowest BCUT2D eigenvalue weighted by Gasteiger charge is -2.15. The number of hydrogen-bond donors (Lipinski definition) is 1. The van der Waals surface area contributed by atoms with Gasteiger partial charge in [0.05, 0.1) is 11.6 Å². The minimum Gasteiger partial charge on any atom is -0.490 e. The van der Waals surface area contributed by atoms with Gasteiger partial charge in [0.2, 0.25) is 0 Å². The SMILES string of the molecule is C#CCOc1c(Cl)cc(CNc2ccccc2C)cc1OCC. The summed E-state index contributed by atoms with van der Waals surface area (Å²) in [5.74, 6) is 3.53. The molecule has 0 fully saturated rings. The first kappa shape index (κ1) is 17.1. The number of ether oxygens (including phenoxy) is 2. The van der Waals surface area contributed by atoms with Crippen LogP contribution in [0.3, 0.4) is 0 Å². The molecule has 0 saturated carbocycles. The van der Waals surface area contributed by atoms with Crippen molar-refractivity contribution in [3.05, 3.63) is 52.5 Å². The maximum atomic E-state index is 6.32. The van der Waals surface area contributed by atoms with E-state index in [1.165, 1.54) is 5.56 Å². The van der Waals surface area contributed by atoms with Gasteiger partial charge < -0.3 is 14.8 Å². The quantitative estimate of drug-likeness (QED) is 0.749. The highest BCUT2D eigenvalue weighted by Crippen LogP contribution is 2.37. The number of benzene rings is 2. The molecule has 2 rings (SSSR count). The fraction of sp³-hybridized carbons (Fsp3) is 0.263. The summed E-state index contributed by atoms with van der Waals surface area (Å²) < 4.78 is 11.1. The number of terminal acetylenes is 1. The Morgan fingerprint density at radius 3 is 2.70 bits per heavy atom. The van der Waals surface area contributed by atoms with Crippen LogP contribution in [0.4, 0.5) is 5.69 Å². The number of rotatable bonds is 7. The number of aryl methyl sites for hydroxylation is 1. The van der Waals surface area contributed by atoms with Gasteiger partial charge in [-0.3, -0.25) is 0 Å². The third kappa shape index (κ3) is 4.58. The molecule has 0 aromatic heterocycles. The summed E-state index contributed by atoms with van der Waals surface area (Å²) in [7, 11) is 0. The summed E-state index contributed by atoms with van der Waals surface area (Å²) >= 11 is 6.32. The normalized spacial score (nSPS) is 10.0. The highest BCUT2D eigenvalue weighted by molar-refractivity contribution is 6.32. The molecular weight excluding hydrogens is 310 g/mol. The van der Waals surface area contributed by atoms with E-state index < -0.39 is 0 Å². The van der Waals surface area contributed by atoms with Crippen molar-refractivity contribution in [1.82, 2.24) is 0 Å². The van der Waals surface area contributed by atoms with Crippen LogP contribution in [-0.2, 0) is 6.54 Å². The molecule has 2 aromatic carbocycles. The Kier molecular flexibility index (Phi) is 6.19. The smallest absolute Gasteiger partial charge is 0.181 e. The Morgan fingerprint density at radius 1 is 1.22 bits per heavy atom. The van der Waals surface area contributed by atoms with Gasteiger partial charge in [-0.2, -0.15) is 0 Å². The molecule has 0 aliphatic heterocycles. The predicted octanol–water partition coefficient (Wildman–Crippen LogP) is 4.67. The van der Waals surface area contributed by atoms with Crippen LogP contribution in [0.2, 0.25) is 5.02 Å². The van der Waals surface area contributed by atoms with E-state index in [1.807, 2.05) is 37.3 Å². The summed E-state index contributed by atoms with van der Waals surface area (Å²) in [4.78, 5) is 0. The van der Waals surface area contributed by atoms with Crippen LogP contribution >= 0.6 is 11.6 Å². The van der Waals surface area contributed by atoms with Gasteiger partial charge in [0.1, 0.15) is 6.61 Å². The molecule has 3 nitrogen and oxygen atoms in total. The second kappa shape index (κ2) is 8.36. The molecule has 23 heavy (non-hydrogen) atoms. The standard InChI is InChI=1S/C19H20ClNO2/c1-4-10-23-19-16(20)11-15(12-18(19)22-5-2)13-21-17-9-7-6-8-14(17)3/h1,6-9,11-12,21H,5,10,13H2,2-3H3. The Hall–Kier alpha value is -2.31. The van der Waals surface area contributed by atoms with Gasteiger partial charge in [-0.15, -0.1) is 6.42 Å². The molecule has 0 heterocycles. The average molecular weight is 330 g/mol. The number of para-hydroxylation sites is 1. The Morgan fingerprint density at radius 2 is 2.00 bits per heavy atom. The van der Waals surface area contributed by atoms with Crippen molar-refractivity contribution in [2.24, 2.45) is 0 Å². The molecule has 0 atom stereocenters. The summed E-state index contributed by atoms with van der Waals surface area (Å²) in [6, 6.07) is 11.9. The molecule has 2 aromatic rings. The van der Waals surface area contributed by atoms with Crippen molar-refractivity contribution in [2.75, 3.05) is 18.5 Å². The molecule has 0 amide bonds. The van der Waals surface area contributed by atoms with Crippen molar-refractivity contribution >= 4 is 17.3 Å². The second-order valence-electron chi connectivity index (χ2n) is 5.00. The lowest BCUT2D eigenvalue weighted by molar-refractivity contribution is 0.299. The highest BCUT2D eigenvalue weighted by Gasteiger charge is 2.12. The molecule has 0 unspecified atom stereocenters. The summed E-state index contributed by atoms with van der Waals surface area (Å²) in [6.45, 7) is 5.30. The third-order valence-electron chi connectivity index (χ3n) is 3.30. The maximum Gasteiger partial charge on any atom is 0.181 e. The summed E-state index contributed by atoms with van der Waals surface area (Å²) in [6.07, 6.45) is 5.24. The predicted molar refractivity (Wildman–Crippen MR) is 95.5 cm³/mol. The Labute approximate surface area is 142 Å². The van der Waals surface area contributed by atoms with Crippen molar-refractivity contribution < 1.29 is 9.47 Å². The Balaban J connectivity index is 2.19. The maximum absolute atomic E-state index is 6.32. The van der Waals surface area contributed by atoms with E-state index in [-0.39, 0.29) is 6.61 Å². The van der Waals surface area contributed by atoms with Crippen LogP contribution in [0, 0.1) is 19.3 Å². The van der Waals surface area contributed by atoms with Crippen LogP contribution < -0.4 is 14.8 Å². The van der Waals surface area contributed by atoms with E-state index in [1.54, 1.807) is 0 Å². The largest absolute Gasteiger partial charge is 0.490 e. The number of halogens is 1. The summed E-state index contributed by atoms with van der Waals surface area (Å²) in [5, 5.41) is 3.89. The van der Waals surface area contributed by atoms with Gasteiger partial charge in [0.15, 0.2) is 11.5 Å². The Bertz CT molecular complexity index is 707. The molecule has 4 heteroatoms. The molecule has 1 N–H and O–H groups in total. The first-order valence-corrected chi connectivity index (χ1v) is 7.84. The van der Waals surface area contributed by atoms with Crippen molar-refractivity contribution in [2.45, 2.75) is 20.4 Å². The monoisotopic (exact) mass is 329 g/mol. The van der Waals surface area contributed by atoms with E-state index in [9.17, 15) is 0 Å².